The maximum Gasteiger partial charge on any atom is 0.165 e. The smallest absolute Gasteiger partial charge is 0.165 e. The lowest BCUT2D eigenvalue weighted by molar-refractivity contribution is 0.112. The molecular weight excluding hydrogens is 231 g/mol. The fraction of sp³-hybridized carbons (Fsp3) is 0.133. The zero-order valence-corrected chi connectivity index (χ0v) is 10.2. The molecular formula is C15H13FO2. The van der Waals surface area contributed by atoms with Crippen LogP contribution in [0.2, 0.25) is 0 Å². The van der Waals surface area contributed by atoms with Crippen molar-refractivity contribution >= 4 is 6.29 Å². The van der Waals surface area contributed by atoms with Crippen molar-refractivity contribution in [3.63, 3.8) is 0 Å². The van der Waals surface area contributed by atoms with E-state index in [9.17, 15) is 9.18 Å². The minimum atomic E-state index is -0.437. The predicted molar refractivity (Wildman–Crippen MR) is 68.5 cm³/mol. The van der Waals surface area contributed by atoms with Crippen LogP contribution in [0.25, 0.3) is 11.1 Å². The number of rotatable bonds is 3. The Hall–Kier alpha value is -2.16. The van der Waals surface area contributed by atoms with Gasteiger partial charge in [0.05, 0.1) is 7.11 Å². The summed E-state index contributed by atoms with van der Waals surface area (Å²) in [7, 11) is 1.42. The third-order valence-corrected chi connectivity index (χ3v) is 2.80. The number of aldehydes is 1. The van der Waals surface area contributed by atoms with Gasteiger partial charge in [0.25, 0.3) is 0 Å². The lowest BCUT2D eigenvalue weighted by Crippen LogP contribution is -1.92. The van der Waals surface area contributed by atoms with E-state index in [1.165, 1.54) is 13.2 Å². The fourth-order valence-electron chi connectivity index (χ4n) is 1.86. The van der Waals surface area contributed by atoms with Crippen molar-refractivity contribution in [2.45, 2.75) is 6.92 Å². The highest BCUT2D eigenvalue weighted by Crippen LogP contribution is 2.28. The number of aryl methyl sites for hydroxylation is 1. The summed E-state index contributed by atoms with van der Waals surface area (Å²) in [5, 5.41) is 0. The Balaban J connectivity index is 2.57. The second kappa shape index (κ2) is 5.00. The second-order valence-corrected chi connectivity index (χ2v) is 4.06. The molecule has 0 aromatic heterocycles. The monoisotopic (exact) mass is 244 g/mol. The van der Waals surface area contributed by atoms with Gasteiger partial charge in [0.15, 0.2) is 17.9 Å². The van der Waals surface area contributed by atoms with E-state index in [1.807, 2.05) is 19.1 Å². The summed E-state index contributed by atoms with van der Waals surface area (Å²) in [6.45, 7) is 1.93. The molecule has 0 aliphatic heterocycles. The van der Waals surface area contributed by atoms with Crippen molar-refractivity contribution < 1.29 is 13.9 Å². The fourth-order valence-corrected chi connectivity index (χ4v) is 1.86. The normalized spacial score (nSPS) is 10.2. The first-order valence-corrected chi connectivity index (χ1v) is 5.55. The lowest BCUT2D eigenvalue weighted by atomic mass is 9.98. The van der Waals surface area contributed by atoms with Gasteiger partial charge in [-0.25, -0.2) is 4.39 Å². The van der Waals surface area contributed by atoms with E-state index >= 15 is 0 Å². The number of carbonyl (C=O) groups excluding carboxylic acids is 1. The van der Waals surface area contributed by atoms with E-state index in [2.05, 4.69) is 0 Å². The number of benzene rings is 2. The first-order valence-electron chi connectivity index (χ1n) is 5.55. The third kappa shape index (κ3) is 2.25. The molecule has 2 nitrogen and oxygen atoms in total. The standard InChI is InChI=1S/C15H13FO2/c1-10-3-4-12(9-17)13(7-10)11-5-6-15(18-2)14(16)8-11/h3-9H,1-2H3. The quantitative estimate of drug-likeness (QED) is 0.771. The van der Waals surface area contributed by atoms with Crippen molar-refractivity contribution in [1.82, 2.24) is 0 Å². The Morgan fingerprint density at radius 1 is 1.17 bits per heavy atom. The highest BCUT2D eigenvalue weighted by atomic mass is 19.1. The number of halogens is 1. The van der Waals surface area contributed by atoms with Crippen molar-refractivity contribution in [2.75, 3.05) is 7.11 Å². The van der Waals surface area contributed by atoms with Gasteiger partial charge in [0.1, 0.15) is 0 Å². The molecule has 0 saturated carbocycles. The molecule has 0 heterocycles. The van der Waals surface area contributed by atoms with Gasteiger partial charge in [-0.05, 0) is 30.2 Å². The summed E-state index contributed by atoms with van der Waals surface area (Å²) >= 11 is 0. The first kappa shape index (κ1) is 12.3. The van der Waals surface area contributed by atoms with Crippen LogP contribution in [-0.4, -0.2) is 13.4 Å². The molecule has 92 valence electrons. The molecule has 0 aliphatic carbocycles. The molecule has 0 radical (unpaired) electrons. The van der Waals surface area contributed by atoms with Gasteiger partial charge >= 0.3 is 0 Å². The Morgan fingerprint density at radius 2 is 1.94 bits per heavy atom. The third-order valence-electron chi connectivity index (χ3n) is 2.80. The number of hydrogen-bond acceptors (Lipinski definition) is 2. The molecule has 0 N–H and O–H groups in total. The van der Waals surface area contributed by atoms with Gasteiger partial charge in [-0.2, -0.15) is 0 Å². The van der Waals surface area contributed by atoms with Crippen LogP contribution in [0.3, 0.4) is 0 Å². The minimum Gasteiger partial charge on any atom is -0.494 e. The Morgan fingerprint density at radius 3 is 2.56 bits per heavy atom. The molecule has 0 unspecified atom stereocenters. The molecule has 0 bridgehead atoms. The highest BCUT2D eigenvalue weighted by molar-refractivity contribution is 5.87. The first-order chi connectivity index (χ1) is 8.65. The van der Waals surface area contributed by atoms with Crippen molar-refractivity contribution in [2.24, 2.45) is 0 Å². The van der Waals surface area contributed by atoms with Gasteiger partial charge < -0.3 is 4.74 Å². The molecule has 2 aromatic carbocycles. The number of methoxy groups -OCH3 is 1. The lowest BCUT2D eigenvalue weighted by Gasteiger charge is -2.08. The largest absolute Gasteiger partial charge is 0.494 e. The maximum atomic E-state index is 13.7. The van der Waals surface area contributed by atoms with Gasteiger partial charge in [-0.1, -0.05) is 29.8 Å². The van der Waals surface area contributed by atoms with Crippen LogP contribution in [-0.2, 0) is 0 Å². The number of ether oxygens (including phenoxy) is 1. The van der Waals surface area contributed by atoms with E-state index in [4.69, 9.17) is 4.74 Å². The maximum absolute atomic E-state index is 13.7. The van der Waals surface area contributed by atoms with Gasteiger partial charge in [0.2, 0.25) is 0 Å². The van der Waals surface area contributed by atoms with Crippen LogP contribution >= 0.6 is 0 Å². The zero-order valence-electron chi connectivity index (χ0n) is 10.2. The highest BCUT2D eigenvalue weighted by Gasteiger charge is 2.08. The van der Waals surface area contributed by atoms with Crippen molar-refractivity contribution in [3.05, 3.63) is 53.3 Å². The molecule has 0 atom stereocenters. The van der Waals surface area contributed by atoms with Gasteiger partial charge in [0, 0.05) is 5.56 Å². The summed E-state index contributed by atoms with van der Waals surface area (Å²) in [5.74, 6) is -0.243. The summed E-state index contributed by atoms with van der Waals surface area (Å²) in [6.07, 6.45) is 0.775. The van der Waals surface area contributed by atoms with E-state index in [-0.39, 0.29) is 5.75 Å². The summed E-state index contributed by atoms with van der Waals surface area (Å²) in [6, 6.07) is 10.1. The van der Waals surface area contributed by atoms with E-state index in [1.54, 1.807) is 18.2 Å². The molecule has 2 aromatic rings. The molecule has 0 aliphatic rings. The molecule has 0 spiro atoms. The molecule has 0 saturated heterocycles. The second-order valence-electron chi connectivity index (χ2n) is 4.06. The van der Waals surface area contributed by atoms with E-state index in [0.29, 0.717) is 11.1 Å². The predicted octanol–water partition coefficient (Wildman–Crippen LogP) is 3.62. The number of hydrogen-bond donors (Lipinski definition) is 0. The van der Waals surface area contributed by atoms with E-state index < -0.39 is 5.82 Å². The van der Waals surface area contributed by atoms with E-state index in [0.717, 1.165) is 17.4 Å². The summed E-state index contributed by atoms with van der Waals surface area (Å²) in [5.41, 5.74) is 2.96. The topological polar surface area (TPSA) is 26.3 Å². The van der Waals surface area contributed by atoms with Crippen LogP contribution in [0.5, 0.6) is 5.75 Å². The van der Waals surface area contributed by atoms with Gasteiger partial charge in [-0.3, -0.25) is 4.79 Å². The molecule has 3 heteroatoms. The van der Waals surface area contributed by atoms with Crippen LogP contribution in [0, 0.1) is 12.7 Å². The average Bonchev–Trinajstić information content (AvgIpc) is 2.38. The Bertz CT molecular complexity index is 591. The minimum absolute atomic E-state index is 0.194. The Labute approximate surface area is 105 Å². The van der Waals surface area contributed by atoms with Gasteiger partial charge in [-0.15, -0.1) is 0 Å². The SMILES string of the molecule is COc1ccc(-c2cc(C)ccc2C=O)cc1F. The van der Waals surface area contributed by atoms with Crippen LogP contribution in [0.1, 0.15) is 15.9 Å². The summed E-state index contributed by atoms with van der Waals surface area (Å²) in [4.78, 5) is 11.0. The zero-order chi connectivity index (χ0) is 13.1. The van der Waals surface area contributed by atoms with Crippen molar-refractivity contribution in [1.29, 1.82) is 0 Å². The van der Waals surface area contributed by atoms with Crippen LogP contribution < -0.4 is 4.74 Å². The molecule has 0 amide bonds. The molecule has 18 heavy (non-hydrogen) atoms. The summed E-state index contributed by atoms with van der Waals surface area (Å²) < 4.78 is 18.5. The Kier molecular flexibility index (Phi) is 3.42. The molecule has 0 fully saturated rings. The molecule has 2 rings (SSSR count). The average molecular weight is 244 g/mol. The number of carbonyl (C=O) groups is 1. The van der Waals surface area contributed by atoms with Crippen molar-refractivity contribution in [3.8, 4) is 16.9 Å². The van der Waals surface area contributed by atoms with Crippen LogP contribution in [0.4, 0.5) is 4.39 Å². The van der Waals surface area contributed by atoms with Crippen LogP contribution in [0.15, 0.2) is 36.4 Å².